The Morgan fingerprint density at radius 1 is 1.28 bits per heavy atom. The van der Waals surface area contributed by atoms with E-state index in [0.29, 0.717) is 18.5 Å². The van der Waals surface area contributed by atoms with Crippen LogP contribution in [0.15, 0.2) is 0 Å². The lowest BCUT2D eigenvalue weighted by Crippen LogP contribution is -2.55. The summed E-state index contributed by atoms with van der Waals surface area (Å²) in [4.78, 5) is 15.0. The van der Waals surface area contributed by atoms with Crippen molar-refractivity contribution in [2.24, 2.45) is 17.1 Å². The minimum absolute atomic E-state index is 0.309. The number of carbonyl (C=O) groups excluding carboxylic acids is 1. The summed E-state index contributed by atoms with van der Waals surface area (Å²) in [5.74, 6) is 1.07. The largest absolute Gasteiger partial charge is 0.339 e. The zero-order valence-corrected chi connectivity index (χ0v) is 12.0. The summed E-state index contributed by atoms with van der Waals surface area (Å²) in [5, 5.41) is 0. The van der Waals surface area contributed by atoms with E-state index >= 15 is 0 Å². The molecule has 3 atom stereocenters. The molecular formula is C15H28N2O. The fourth-order valence-corrected chi connectivity index (χ4v) is 3.61. The molecule has 2 fully saturated rings. The first kappa shape index (κ1) is 13.9. The highest BCUT2D eigenvalue weighted by atomic mass is 16.2. The van der Waals surface area contributed by atoms with Crippen LogP contribution in [0.25, 0.3) is 0 Å². The molecule has 104 valence electrons. The second-order valence-electron chi connectivity index (χ2n) is 6.37. The van der Waals surface area contributed by atoms with E-state index in [1.807, 2.05) is 6.92 Å². The fraction of sp³-hybridized carbons (Fsp3) is 0.933. The van der Waals surface area contributed by atoms with Gasteiger partial charge in [-0.3, -0.25) is 4.79 Å². The summed E-state index contributed by atoms with van der Waals surface area (Å²) in [6, 6.07) is 0.512. The van der Waals surface area contributed by atoms with Crippen LogP contribution < -0.4 is 5.73 Å². The molecule has 3 nitrogen and oxygen atoms in total. The van der Waals surface area contributed by atoms with Crippen molar-refractivity contribution < 1.29 is 4.79 Å². The molecule has 1 aliphatic carbocycles. The second-order valence-corrected chi connectivity index (χ2v) is 6.37. The molecule has 1 aliphatic heterocycles. The summed E-state index contributed by atoms with van der Waals surface area (Å²) < 4.78 is 0. The van der Waals surface area contributed by atoms with E-state index < -0.39 is 0 Å². The van der Waals surface area contributed by atoms with Gasteiger partial charge in [0.15, 0.2) is 0 Å². The molecule has 1 saturated carbocycles. The van der Waals surface area contributed by atoms with E-state index in [2.05, 4.69) is 11.8 Å². The first-order chi connectivity index (χ1) is 8.62. The Morgan fingerprint density at radius 3 is 2.61 bits per heavy atom. The molecule has 0 aromatic carbocycles. The van der Waals surface area contributed by atoms with Crippen LogP contribution in [0.4, 0.5) is 0 Å². The average Bonchev–Trinajstić information content (AvgIpc) is 2.45. The summed E-state index contributed by atoms with van der Waals surface area (Å²) >= 11 is 0. The van der Waals surface area contributed by atoms with Crippen molar-refractivity contribution >= 4 is 5.91 Å². The topological polar surface area (TPSA) is 46.3 Å². The van der Waals surface area contributed by atoms with Crippen LogP contribution in [0.3, 0.4) is 0 Å². The molecule has 18 heavy (non-hydrogen) atoms. The van der Waals surface area contributed by atoms with Crippen LogP contribution in [-0.2, 0) is 4.79 Å². The predicted octanol–water partition coefficient (Wildman–Crippen LogP) is 2.54. The van der Waals surface area contributed by atoms with E-state index in [9.17, 15) is 4.79 Å². The highest BCUT2D eigenvalue weighted by Crippen LogP contribution is 2.37. The third kappa shape index (κ3) is 2.42. The molecule has 1 saturated heterocycles. The van der Waals surface area contributed by atoms with E-state index in [-0.39, 0.29) is 5.41 Å². The van der Waals surface area contributed by atoms with Crippen molar-refractivity contribution in [3.63, 3.8) is 0 Å². The molecule has 0 spiro atoms. The van der Waals surface area contributed by atoms with Crippen LogP contribution in [0.2, 0.25) is 0 Å². The molecular weight excluding hydrogens is 224 g/mol. The van der Waals surface area contributed by atoms with Gasteiger partial charge in [0, 0.05) is 19.1 Å². The van der Waals surface area contributed by atoms with Crippen molar-refractivity contribution in [2.75, 3.05) is 13.1 Å². The van der Waals surface area contributed by atoms with Gasteiger partial charge >= 0.3 is 0 Å². The van der Waals surface area contributed by atoms with E-state index in [1.165, 1.54) is 38.5 Å². The van der Waals surface area contributed by atoms with Gasteiger partial charge in [0.25, 0.3) is 0 Å². The lowest BCUT2D eigenvalue weighted by atomic mass is 9.76. The quantitative estimate of drug-likeness (QED) is 0.839. The maximum atomic E-state index is 12.8. The number of nitrogens with zero attached hydrogens (tertiary/aromatic N) is 1. The number of fused-ring (bicyclic) bond motifs is 1. The molecule has 1 amide bonds. The Hall–Kier alpha value is -0.570. The van der Waals surface area contributed by atoms with E-state index in [1.54, 1.807) is 0 Å². The third-order valence-corrected chi connectivity index (χ3v) is 5.25. The Balaban J connectivity index is 2.13. The van der Waals surface area contributed by atoms with Crippen LogP contribution in [0, 0.1) is 11.3 Å². The maximum Gasteiger partial charge on any atom is 0.230 e. The Bertz CT molecular complexity index is 297. The maximum absolute atomic E-state index is 12.8. The molecule has 2 aliphatic rings. The van der Waals surface area contributed by atoms with Gasteiger partial charge in [-0.2, -0.15) is 0 Å². The van der Waals surface area contributed by atoms with Crippen molar-refractivity contribution in [3.05, 3.63) is 0 Å². The van der Waals surface area contributed by atoms with Crippen molar-refractivity contribution in [1.82, 2.24) is 4.90 Å². The molecule has 0 radical (unpaired) electrons. The highest BCUT2D eigenvalue weighted by molar-refractivity contribution is 5.83. The number of hydrogen-bond acceptors (Lipinski definition) is 2. The molecule has 0 bridgehead atoms. The standard InChI is InChI=1S/C15H28N2O/c1-3-15(2,11-16)14(18)17-10-6-8-12-7-4-5-9-13(12)17/h12-13H,3-11,16H2,1-2H3. The molecule has 2 rings (SSSR count). The predicted molar refractivity (Wildman–Crippen MR) is 74.1 cm³/mol. The van der Waals surface area contributed by atoms with Gasteiger partial charge < -0.3 is 10.6 Å². The van der Waals surface area contributed by atoms with Crippen molar-refractivity contribution in [3.8, 4) is 0 Å². The lowest BCUT2D eigenvalue weighted by molar-refractivity contribution is -0.147. The van der Waals surface area contributed by atoms with Gasteiger partial charge in [-0.15, -0.1) is 0 Å². The number of likely N-dealkylation sites (tertiary alicyclic amines) is 1. The van der Waals surface area contributed by atoms with E-state index in [4.69, 9.17) is 5.73 Å². The van der Waals surface area contributed by atoms with Crippen LogP contribution >= 0.6 is 0 Å². The summed E-state index contributed by atoms with van der Waals surface area (Å²) in [7, 11) is 0. The Morgan fingerprint density at radius 2 is 1.94 bits per heavy atom. The van der Waals surface area contributed by atoms with Crippen LogP contribution in [0.5, 0.6) is 0 Å². The van der Waals surface area contributed by atoms with Gasteiger partial charge in [0.05, 0.1) is 5.41 Å². The lowest BCUT2D eigenvalue weighted by Gasteiger charge is -2.47. The van der Waals surface area contributed by atoms with Gasteiger partial charge in [0.1, 0.15) is 0 Å². The van der Waals surface area contributed by atoms with Gasteiger partial charge in [-0.1, -0.05) is 19.8 Å². The summed E-state index contributed by atoms with van der Waals surface area (Å²) in [6.07, 6.45) is 8.51. The number of nitrogens with two attached hydrogens (primary N) is 1. The van der Waals surface area contributed by atoms with Crippen LogP contribution in [-0.4, -0.2) is 29.9 Å². The minimum Gasteiger partial charge on any atom is -0.339 e. The number of piperidine rings is 1. The summed E-state index contributed by atoms with van der Waals surface area (Å²) in [6.45, 7) is 5.53. The summed E-state index contributed by atoms with van der Waals surface area (Å²) in [5.41, 5.74) is 5.50. The molecule has 2 N–H and O–H groups in total. The number of carbonyl (C=O) groups is 1. The SMILES string of the molecule is CCC(C)(CN)C(=O)N1CCCC2CCCCC21. The number of hydrogen-bond donors (Lipinski definition) is 1. The molecule has 0 aromatic heterocycles. The molecule has 3 unspecified atom stereocenters. The monoisotopic (exact) mass is 252 g/mol. The van der Waals surface area contributed by atoms with Gasteiger partial charge in [-0.05, 0) is 44.9 Å². The molecule has 0 aromatic rings. The zero-order valence-electron chi connectivity index (χ0n) is 12.0. The van der Waals surface area contributed by atoms with Crippen molar-refractivity contribution in [2.45, 2.75) is 64.8 Å². The van der Waals surface area contributed by atoms with Crippen molar-refractivity contribution in [1.29, 1.82) is 0 Å². The number of rotatable bonds is 3. The van der Waals surface area contributed by atoms with Crippen LogP contribution in [0.1, 0.15) is 58.8 Å². The third-order valence-electron chi connectivity index (χ3n) is 5.25. The Kier molecular flexibility index (Phi) is 4.31. The Labute approximate surface area is 111 Å². The minimum atomic E-state index is -0.348. The van der Waals surface area contributed by atoms with Gasteiger partial charge in [0.2, 0.25) is 5.91 Å². The van der Waals surface area contributed by atoms with Gasteiger partial charge in [-0.25, -0.2) is 0 Å². The zero-order chi connectivity index (χ0) is 13.2. The number of amides is 1. The molecule has 1 heterocycles. The van der Waals surface area contributed by atoms with E-state index in [0.717, 1.165) is 18.9 Å². The molecule has 3 heteroatoms. The highest BCUT2D eigenvalue weighted by Gasteiger charge is 2.41. The smallest absolute Gasteiger partial charge is 0.230 e. The second kappa shape index (κ2) is 5.60. The average molecular weight is 252 g/mol. The normalized spacial score (nSPS) is 31.6. The first-order valence-electron chi connectivity index (χ1n) is 7.63. The fourth-order valence-electron chi connectivity index (χ4n) is 3.61. The first-order valence-corrected chi connectivity index (χ1v) is 7.63.